The average Bonchev–Trinajstić information content (AvgIpc) is 2.65. The third kappa shape index (κ3) is 4.40. The molecule has 0 saturated carbocycles. The van der Waals surface area contributed by atoms with Crippen LogP contribution in [0.15, 0.2) is 51.7 Å². The first-order chi connectivity index (χ1) is 13.4. The molecule has 2 aromatic carbocycles. The van der Waals surface area contributed by atoms with Crippen molar-refractivity contribution in [2.45, 2.75) is 20.4 Å². The Kier molecular flexibility index (Phi) is 5.80. The van der Waals surface area contributed by atoms with Crippen LogP contribution in [0.4, 0.5) is 5.69 Å². The van der Waals surface area contributed by atoms with Crippen molar-refractivity contribution in [3.63, 3.8) is 0 Å². The lowest BCUT2D eigenvalue weighted by Gasteiger charge is -2.18. The molecule has 0 aliphatic heterocycles. The highest BCUT2D eigenvalue weighted by molar-refractivity contribution is 5.92. The second-order valence-corrected chi connectivity index (χ2v) is 6.93. The Labute approximate surface area is 163 Å². The summed E-state index contributed by atoms with van der Waals surface area (Å²) in [7, 11) is 3.42. The molecule has 3 rings (SSSR count). The molecular formula is C22H24N2O4. The van der Waals surface area contributed by atoms with Gasteiger partial charge in [-0.2, -0.15) is 0 Å². The Morgan fingerprint density at radius 2 is 1.96 bits per heavy atom. The van der Waals surface area contributed by atoms with E-state index in [9.17, 15) is 9.59 Å². The Hall–Kier alpha value is -3.12. The lowest BCUT2D eigenvalue weighted by atomic mass is 10.0. The van der Waals surface area contributed by atoms with Crippen molar-refractivity contribution in [2.24, 2.45) is 0 Å². The summed E-state index contributed by atoms with van der Waals surface area (Å²) in [4.78, 5) is 26.2. The van der Waals surface area contributed by atoms with Crippen molar-refractivity contribution in [2.75, 3.05) is 26.0 Å². The van der Waals surface area contributed by atoms with E-state index in [1.165, 1.54) is 6.07 Å². The minimum atomic E-state index is -0.384. The van der Waals surface area contributed by atoms with E-state index in [0.29, 0.717) is 23.6 Å². The van der Waals surface area contributed by atoms with Crippen molar-refractivity contribution in [1.29, 1.82) is 0 Å². The minimum absolute atomic E-state index is 0.143. The monoisotopic (exact) mass is 380 g/mol. The van der Waals surface area contributed by atoms with Crippen molar-refractivity contribution in [3.05, 3.63) is 69.6 Å². The van der Waals surface area contributed by atoms with Gasteiger partial charge in [-0.25, -0.2) is 4.79 Å². The molecule has 0 spiro atoms. The number of likely N-dealkylation sites (N-methyl/N-ethyl adjacent to an activating group) is 1. The van der Waals surface area contributed by atoms with E-state index >= 15 is 0 Å². The van der Waals surface area contributed by atoms with Crippen LogP contribution >= 0.6 is 0 Å². The molecule has 3 aromatic rings. The van der Waals surface area contributed by atoms with Gasteiger partial charge in [-0.05, 0) is 49.7 Å². The fourth-order valence-corrected chi connectivity index (χ4v) is 3.15. The van der Waals surface area contributed by atoms with Crippen LogP contribution in [0.5, 0.6) is 5.75 Å². The minimum Gasteiger partial charge on any atom is -0.497 e. The summed E-state index contributed by atoms with van der Waals surface area (Å²) in [5.74, 6) is 0.536. The van der Waals surface area contributed by atoms with E-state index in [0.717, 1.165) is 22.1 Å². The largest absolute Gasteiger partial charge is 0.497 e. The topological polar surface area (TPSA) is 71.8 Å². The van der Waals surface area contributed by atoms with Gasteiger partial charge in [0.2, 0.25) is 5.91 Å². The maximum absolute atomic E-state index is 12.4. The number of anilines is 1. The number of rotatable bonds is 6. The number of hydrogen-bond donors (Lipinski definition) is 1. The van der Waals surface area contributed by atoms with Gasteiger partial charge in [0.05, 0.1) is 13.7 Å². The number of carbonyl (C=O) groups is 1. The summed E-state index contributed by atoms with van der Waals surface area (Å²) in [6, 6.07) is 12.7. The van der Waals surface area contributed by atoms with Crippen molar-refractivity contribution in [3.8, 4) is 5.75 Å². The van der Waals surface area contributed by atoms with Crippen molar-refractivity contribution >= 4 is 22.6 Å². The Bertz CT molecular complexity index is 1070. The number of aryl methyl sites for hydroxylation is 2. The zero-order chi connectivity index (χ0) is 20.3. The quantitative estimate of drug-likeness (QED) is 0.663. The molecule has 1 N–H and O–H groups in total. The summed E-state index contributed by atoms with van der Waals surface area (Å²) in [5, 5.41) is 3.75. The van der Waals surface area contributed by atoms with Crippen LogP contribution in [0.25, 0.3) is 11.0 Å². The summed E-state index contributed by atoms with van der Waals surface area (Å²) in [6.45, 7) is 4.56. The summed E-state index contributed by atoms with van der Waals surface area (Å²) >= 11 is 0. The van der Waals surface area contributed by atoms with Crippen LogP contribution in [-0.4, -0.2) is 31.5 Å². The fraction of sp³-hybridized carbons (Fsp3) is 0.273. The van der Waals surface area contributed by atoms with Gasteiger partial charge >= 0.3 is 5.63 Å². The van der Waals surface area contributed by atoms with Gasteiger partial charge in [-0.3, -0.25) is 9.69 Å². The van der Waals surface area contributed by atoms with Crippen molar-refractivity contribution in [1.82, 2.24) is 4.90 Å². The zero-order valence-corrected chi connectivity index (χ0v) is 16.5. The molecule has 0 aliphatic carbocycles. The molecule has 0 unspecified atom stereocenters. The molecule has 1 aromatic heterocycles. The number of amides is 1. The standard InChI is InChI=1S/C22H24N2O4/c1-14-8-9-19-16(10-21(26)28-22(19)15(14)2)12-24(3)13-20(25)23-17-6-5-7-18(11-17)27-4/h5-11H,12-13H2,1-4H3,(H,23,25). The summed E-state index contributed by atoms with van der Waals surface area (Å²) < 4.78 is 10.6. The Balaban J connectivity index is 1.74. The smallest absolute Gasteiger partial charge is 0.336 e. The molecule has 0 radical (unpaired) electrons. The zero-order valence-electron chi connectivity index (χ0n) is 16.5. The Morgan fingerprint density at radius 3 is 2.71 bits per heavy atom. The molecule has 0 saturated heterocycles. The fourth-order valence-electron chi connectivity index (χ4n) is 3.15. The van der Waals surface area contributed by atoms with Gasteiger partial charge in [0.25, 0.3) is 0 Å². The maximum Gasteiger partial charge on any atom is 0.336 e. The summed E-state index contributed by atoms with van der Waals surface area (Å²) in [6.07, 6.45) is 0. The van der Waals surface area contributed by atoms with Gasteiger partial charge in [0, 0.05) is 29.8 Å². The van der Waals surface area contributed by atoms with Crippen LogP contribution < -0.4 is 15.7 Å². The number of benzene rings is 2. The lowest BCUT2D eigenvalue weighted by Crippen LogP contribution is -2.30. The highest BCUT2D eigenvalue weighted by atomic mass is 16.5. The number of nitrogens with zero attached hydrogens (tertiary/aromatic N) is 1. The van der Waals surface area contributed by atoms with Crippen LogP contribution in [-0.2, 0) is 11.3 Å². The molecule has 6 nitrogen and oxygen atoms in total. The van der Waals surface area contributed by atoms with Gasteiger partial charge < -0.3 is 14.5 Å². The van der Waals surface area contributed by atoms with Crippen LogP contribution in [0.3, 0.4) is 0 Å². The molecule has 0 bridgehead atoms. The molecular weight excluding hydrogens is 356 g/mol. The van der Waals surface area contributed by atoms with Gasteiger partial charge in [0.15, 0.2) is 0 Å². The predicted molar refractivity (Wildman–Crippen MR) is 110 cm³/mol. The maximum atomic E-state index is 12.4. The van der Waals surface area contributed by atoms with E-state index < -0.39 is 0 Å². The van der Waals surface area contributed by atoms with Crippen LogP contribution in [0.1, 0.15) is 16.7 Å². The van der Waals surface area contributed by atoms with Crippen LogP contribution in [0, 0.1) is 13.8 Å². The van der Waals surface area contributed by atoms with Gasteiger partial charge in [-0.1, -0.05) is 18.2 Å². The van der Waals surface area contributed by atoms with E-state index in [2.05, 4.69) is 5.32 Å². The number of fused-ring (bicyclic) bond motifs is 1. The highest BCUT2D eigenvalue weighted by Gasteiger charge is 2.13. The second-order valence-electron chi connectivity index (χ2n) is 6.93. The first-order valence-electron chi connectivity index (χ1n) is 9.03. The third-order valence-electron chi connectivity index (χ3n) is 4.72. The third-order valence-corrected chi connectivity index (χ3v) is 4.72. The molecule has 28 heavy (non-hydrogen) atoms. The molecule has 1 heterocycles. The predicted octanol–water partition coefficient (Wildman–Crippen LogP) is 3.49. The molecule has 146 valence electrons. The van der Waals surface area contributed by atoms with Crippen molar-refractivity contribution < 1.29 is 13.9 Å². The molecule has 1 amide bonds. The second kappa shape index (κ2) is 8.27. The molecule has 6 heteroatoms. The average molecular weight is 380 g/mol. The molecule has 0 atom stereocenters. The first kappa shape index (κ1) is 19.6. The Morgan fingerprint density at radius 1 is 1.18 bits per heavy atom. The number of methoxy groups -OCH3 is 1. The number of ether oxygens (including phenoxy) is 1. The number of carbonyl (C=O) groups excluding carboxylic acids is 1. The number of nitrogens with one attached hydrogen (secondary N) is 1. The van der Waals surface area contributed by atoms with Gasteiger partial charge in [0.1, 0.15) is 11.3 Å². The SMILES string of the molecule is COc1cccc(NC(=O)CN(C)Cc2cc(=O)oc3c(C)c(C)ccc23)c1. The van der Waals surface area contributed by atoms with E-state index in [4.69, 9.17) is 9.15 Å². The molecule has 0 fully saturated rings. The van der Waals surface area contributed by atoms with E-state index in [-0.39, 0.29) is 18.1 Å². The first-order valence-corrected chi connectivity index (χ1v) is 9.03. The van der Waals surface area contributed by atoms with Crippen LogP contribution in [0.2, 0.25) is 0 Å². The van der Waals surface area contributed by atoms with E-state index in [1.54, 1.807) is 19.2 Å². The van der Waals surface area contributed by atoms with E-state index in [1.807, 2.05) is 50.1 Å². The highest BCUT2D eigenvalue weighted by Crippen LogP contribution is 2.24. The lowest BCUT2D eigenvalue weighted by molar-refractivity contribution is -0.117. The molecule has 0 aliphatic rings. The summed E-state index contributed by atoms with van der Waals surface area (Å²) in [5.41, 5.74) is 3.76. The van der Waals surface area contributed by atoms with Gasteiger partial charge in [-0.15, -0.1) is 0 Å². The number of hydrogen-bond acceptors (Lipinski definition) is 5. The normalized spacial score (nSPS) is 11.0.